The van der Waals surface area contributed by atoms with Crippen molar-refractivity contribution < 1.29 is 9.53 Å². The minimum Gasteiger partial charge on any atom is -0.496 e. The zero-order chi connectivity index (χ0) is 16.2. The van der Waals surface area contributed by atoms with Crippen molar-refractivity contribution in [2.75, 3.05) is 13.7 Å². The first-order valence-corrected chi connectivity index (χ1v) is 8.10. The van der Waals surface area contributed by atoms with Crippen molar-refractivity contribution in [1.29, 1.82) is 0 Å². The van der Waals surface area contributed by atoms with Crippen molar-refractivity contribution in [2.24, 2.45) is 0 Å². The number of carbonyl (C=O) groups is 1. The smallest absolute Gasteiger partial charge is 0.227 e. The highest BCUT2D eigenvalue weighted by Gasteiger charge is 2.28. The molecule has 2 heterocycles. The Labute approximate surface area is 136 Å². The van der Waals surface area contributed by atoms with Gasteiger partial charge >= 0.3 is 0 Å². The Kier molecular flexibility index (Phi) is 4.65. The van der Waals surface area contributed by atoms with Gasteiger partial charge in [-0.05, 0) is 32.3 Å². The fourth-order valence-electron chi connectivity index (χ4n) is 3.33. The molecule has 1 aliphatic rings. The molecule has 1 unspecified atom stereocenters. The summed E-state index contributed by atoms with van der Waals surface area (Å²) in [7, 11) is 1.65. The predicted molar refractivity (Wildman–Crippen MR) is 88.3 cm³/mol. The van der Waals surface area contributed by atoms with Crippen LogP contribution in [0.3, 0.4) is 0 Å². The standard InChI is InChI=1S/C18H23N3O2/c1-13-6-7-17(23-2)14(9-13)10-18(22)21-8-4-3-5-16(21)15-11-19-20-12-15/h6-7,9,11-12,16H,3-5,8,10H2,1-2H3,(H,19,20). The SMILES string of the molecule is COc1ccc(C)cc1CC(=O)N1CCCCC1c1cn[nH]c1. The lowest BCUT2D eigenvalue weighted by molar-refractivity contribution is -0.134. The van der Waals surface area contributed by atoms with Gasteiger partial charge in [0.2, 0.25) is 5.91 Å². The topological polar surface area (TPSA) is 58.2 Å². The van der Waals surface area contributed by atoms with Crippen LogP contribution in [-0.4, -0.2) is 34.7 Å². The number of methoxy groups -OCH3 is 1. The van der Waals surface area contributed by atoms with Gasteiger partial charge in [0.05, 0.1) is 25.8 Å². The van der Waals surface area contributed by atoms with Crippen LogP contribution >= 0.6 is 0 Å². The number of nitrogens with zero attached hydrogens (tertiary/aromatic N) is 2. The maximum atomic E-state index is 12.9. The van der Waals surface area contributed by atoms with E-state index < -0.39 is 0 Å². The fourth-order valence-corrected chi connectivity index (χ4v) is 3.33. The third-order valence-electron chi connectivity index (χ3n) is 4.50. The Balaban J connectivity index is 1.80. The van der Waals surface area contributed by atoms with Gasteiger partial charge in [0, 0.05) is 23.9 Å². The molecule has 1 aromatic carbocycles. The van der Waals surface area contributed by atoms with E-state index in [1.807, 2.05) is 42.4 Å². The second-order valence-electron chi connectivity index (χ2n) is 6.12. The number of benzene rings is 1. The first-order chi connectivity index (χ1) is 11.2. The van der Waals surface area contributed by atoms with Gasteiger partial charge in [0.25, 0.3) is 0 Å². The van der Waals surface area contributed by atoms with E-state index in [4.69, 9.17) is 4.74 Å². The molecule has 2 aromatic rings. The maximum Gasteiger partial charge on any atom is 0.227 e. The number of piperidine rings is 1. The molecule has 5 nitrogen and oxygen atoms in total. The van der Waals surface area contributed by atoms with Crippen LogP contribution in [-0.2, 0) is 11.2 Å². The Morgan fingerprint density at radius 1 is 1.43 bits per heavy atom. The van der Waals surface area contributed by atoms with Crippen molar-refractivity contribution >= 4 is 5.91 Å². The van der Waals surface area contributed by atoms with Crippen molar-refractivity contribution in [3.63, 3.8) is 0 Å². The highest BCUT2D eigenvalue weighted by molar-refractivity contribution is 5.80. The molecule has 23 heavy (non-hydrogen) atoms. The number of amides is 1. The largest absolute Gasteiger partial charge is 0.496 e. The lowest BCUT2D eigenvalue weighted by Gasteiger charge is -2.35. The molecule has 3 rings (SSSR count). The van der Waals surface area contributed by atoms with E-state index in [1.165, 1.54) is 0 Å². The molecule has 122 valence electrons. The van der Waals surface area contributed by atoms with E-state index in [-0.39, 0.29) is 11.9 Å². The molecule has 1 amide bonds. The molecule has 1 fully saturated rings. The van der Waals surface area contributed by atoms with Gasteiger partial charge in [-0.1, -0.05) is 17.7 Å². The second-order valence-corrected chi connectivity index (χ2v) is 6.12. The summed E-state index contributed by atoms with van der Waals surface area (Å²) in [4.78, 5) is 14.9. The number of H-pyrrole nitrogens is 1. The maximum absolute atomic E-state index is 12.9. The molecule has 0 bridgehead atoms. The van der Waals surface area contributed by atoms with Gasteiger partial charge in [-0.25, -0.2) is 0 Å². The van der Waals surface area contributed by atoms with Gasteiger partial charge in [-0.2, -0.15) is 5.10 Å². The van der Waals surface area contributed by atoms with Gasteiger partial charge in [-0.15, -0.1) is 0 Å². The van der Waals surface area contributed by atoms with E-state index >= 15 is 0 Å². The minimum absolute atomic E-state index is 0.130. The van der Waals surface area contributed by atoms with Gasteiger partial charge < -0.3 is 9.64 Å². The predicted octanol–water partition coefficient (Wildman–Crippen LogP) is 3.02. The fraction of sp³-hybridized carbons (Fsp3) is 0.444. The number of hydrogen-bond donors (Lipinski definition) is 1. The summed E-state index contributed by atoms with van der Waals surface area (Å²) in [5.41, 5.74) is 3.18. The van der Waals surface area contributed by atoms with E-state index in [0.29, 0.717) is 6.42 Å². The Hall–Kier alpha value is -2.30. The highest BCUT2D eigenvalue weighted by Crippen LogP contribution is 2.31. The molecule has 1 aliphatic heterocycles. The van der Waals surface area contributed by atoms with Crippen molar-refractivity contribution in [3.05, 3.63) is 47.3 Å². The average molecular weight is 313 g/mol. The molecule has 5 heteroatoms. The Bertz CT molecular complexity index is 667. The molecule has 1 N–H and O–H groups in total. The Morgan fingerprint density at radius 2 is 2.30 bits per heavy atom. The van der Waals surface area contributed by atoms with Gasteiger partial charge in [0.1, 0.15) is 5.75 Å². The number of aryl methyl sites for hydroxylation is 1. The third kappa shape index (κ3) is 3.38. The average Bonchev–Trinajstić information content (AvgIpc) is 3.09. The van der Waals surface area contributed by atoms with Crippen LogP contribution in [0, 0.1) is 6.92 Å². The summed E-state index contributed by atoms with van der Waals surface area (Å²) in [5.74, 6) is 0.931. The number of hydrogen-bond acceptors (Lipinski definition) is 3. The third-order valence-corrected chi connectivity index (χ3v) is 4.50. The summed E-state index contributed by atoms with van der Waals surface area (Å²) in [5, 5.41) is 6.89. The molecule has 1 saturated heterocycles. The molecule has 0 spiro atoms. The zero-order valence-corrected chi connectivity index (χ0v) is 13.7. The summed E-state index contributed by atoms with van der Waals surface area (Å²) in [6.45, 7) is 2.84. The summed E-state index contributed by atoms with van der Waals surface area (Å²) >= 11 is 0. The quantitative estimate of drug-likeness (QED) is 0.944. The molecule has 0 aliphatic carbocycles. The highest BCUT2D eigenvalue weighted by atomic mass is 16.5. The molecular weight excluding hydrogens is 290 g/mol. The van der Waals surface area contributed by atoms with Crippen molar-refractivity contribution in [2.45, 2.75) is 38.6 Å². The van der Waals surface area contributed by atoms with E-state index in [0.717, 1.165) is 48.2 Å². The van der Waals surface area contributed by atoms with Crippen LogP contribution in [0.25, 0.3) is 0 Å². The Morgan fingerprint density at radius 3 is 3.04 bits per heavy atom. The number of aromatic nitrogens is 2. The normalized spacial score (nSPS) is 18.0. The van der Waals surface area contributed by atoms with Crippen LogP contribution in [0.4, 0.5) is 0 Å². The van der Waals surface area contributed by atoms with Gasteiger partial charge in [0.15, 0.2) is 0 Å². The lowest BCUT2D eigenvalue weighted by Crippen LogP contribution is -2.39. The number of rotatable bonds is 4. The molecular formula is C18H23N3O2. The number of carbonyl (C=O) groups excluding carboxylic acids is 1. The number of ether oxygens (including phenoxy) is 1. The first kappa shape index (κ1) is 15.6. The van der Waals surface area contributed by atoms with E-state index in [1.54, 1.807) is 7.11 Å². The van der Waals surface area contributed by atoms with Crippen molar-refractivity contribution in [1.82, 2.24) is 15.1 Å². The number of nitrogens with one attached hydrogen (secondary N) is 1. The summed E-state index contributed by atoms with van der Waals surface area (Å²) < 4.78 is 5.40. The molecule has 1 atom stereocenters. The van der Waals surface area contributed by atoms with Crippen LogP contribution in [0.2, 0.25) is 0 Å². The summed E-state index contributed by atoms with van der Waals surface area (Å²) in [6.07, 6.45) is 7.29. The summed E-state index contributed by atoms with van der Waals surface area (Å²) in [6, 6.07) is 6.10. The van der Waals surface area contributed by atoms with E-state index in [9.17, 15) is 4.79 Å². The second kappa shape index (κ2) is 6.86. The monoisotopic (exact) mass is 313 g/mol. The minimum atomic E-state index is 0.130. The number of likely N-dealkylation sites (tertiary alicyclic amines) is 1. The van der Waals surface area contributed by atoms with Crippen LogP contribution in [0.15, 0.2) is 30.6 Å². The first-order valence-electron chi connectivity index (χ1n) is 8.10. The molecule has 1 aromatic heterocycles. The number of aromatic amines is 1. The molecule has 0 saturated carbocycles. The van der Waals surface area contributed by atoms with Crippen LogP contribution < -0.4 is 4.74 Å². The van der Waals surface area contributed by atoms with Crippen LogP contribution in [0.1, 0.15) is 42.0 Å². The van der Waals surface area contributed by atoms with Gasteiger partial charge in [-0.3, -0.25) is 9.89 Å². The lowest BCUT2D eigenvalue weighted by atomic mass is 9.96. The van der Waals surface area contributed by atoms with Crippen LogP contribution in [0.5, 0.6) is 5.75 Å². The zero-order valence-electron chi connectivity index (χ0n) is 13.7. The molecule has 0 radical (unpaired) electrons. The van der Waals surface area contributed by atoms with E-state index in [2.05, 4.69) is 10.2 Å². The van der Waals surface area contributed by atoms with Crippen molar-refractivity contribution in [3.8, 4) is 5.75 Å².